The minimum atomic E-state index is 0. The zero-order chi connectivity index (χ0) is 18.1. The summed E-state index contributed by atoms with van der Waals surface area (Å²) in [5.74, 6) is 0.338. The maximum absolute atomic E-state index is 6.26. The molecule has 1 aliphatic carbocycles. The molecule has 4 nitrogen and oxygen atoms in total. The van der Waals surface area contributed by atoms with E-state index in [9.17, 15) is 0 Å². The van der Waals surface area contributed by atoms with Gasteiger partial charge in [0.1, 0.15) is 0 Å². The maximum atomic E-state index is 6.26. The van der Waals surface area contributed by atoms with Gasteiger partial charge in [-0.2, -0.15) is 0 Å². The number of rotatable bonds is 4. The van der Waals surface area contributed by atoms with Crippen LogP contribution in [0.4, 0.5) is 0 Å². The molecule has 0 radical (unpaired) electrons. The van der Waals surface area contributed by atoms with E-state index >= 15 is 0 Å². The molecule has 1 N–H and O–H groups in total. The van der Waals surface area contributed by atoms with E-state index in [1.165, 1.54) is 22.3 Å². The zero-order valence-corrected chi connectivity index (χ0v) is 17.2. The quantitative estimate of drug-likeness (QED) is 0.624. The standard InChI is InChI=1S/C20H20Cl2N4.ClH/c1-23-20-7-5-15(14-3-6-18(21)19(22)11-14)16-4-2-13(10-17(16)20)12-26-9-8-24-25-26;/h2-4,6,8-11,15,20,23H,5,7,12H2,1H3;1H/t15-,20-;/m0./s1. The molecule has 0 unspecified atom stereocenters. The first-order valence-electron chi connectivity index (χ1n) is 8.74. The van der Waals surface area contributed by atoms with Crippen molar-refractivity contribution in [2.75, 3.05) is 7.05 Å². The van der Waals surface area contributed by atoms with Crippen LogP contribution in [-0.4, -0.2) is 22.0 Å². The van der Waals surface area contributed by atoms with Gasteiger partial charge in [-0.1, -0.05) is 52.7 Å². The molecule has 3 aromatic rings. The number of halogens is 3. The Hall–Kier alpha value is -1.59. The van der Waals surface area contributed by atoms with E-state index < -0.39 is 0 Å². The first-order chi connectivity index (χ1) is 12.7. The van der Waals surface area contributed by atoms with Gasteiger partial charge in [-0.25, -0.2) is 4.68 Å². The van der Waals surface area contributed by atoms with Crippen molar-refractivity contribution in [2.45, 2.75) is 31.3 Å². The lowest BCUT2D eigenvalue weighted by Gasteiger charge is -2.32. The van der Waals surface area contributed by atoms with Crippen molar-refractivity contribution in [1.29, 1.82) is 0 Å². The van der Waals surface area contributed by atoms with Crippen LogP contribution in [-0.2, 0) is 6.54 Å². The Morgan fingerprint density at radius 1 is 1.07 bits per heavy atom. The molecule has 0 bridgehead atoms. The van der Waals surface area contributed by atoms with Crippen molar-refractivity contribution in [1.82, 2.24) is 20.3 Å². The fourth-order valence-corrected chi connectivity index (χ4v) is 4.17. The lowest BCUT2D eigenvalue weighted by atomic mass is 9.76. The Kier molecular flexibility index (Phi) is 6.43. The van der Waals surface area contributed by atoms with Gasteiger partial charge in [-0.3, -0.25) is 0 Å². The second-order valence-corrected chi connectivity index (χ2v) is 7.52. The molecule has 0 amide bonds. The molecule has 142 valence electrons. The Morgan fingerprint density at radius 2 is 1.93 bits per heavy atom. The van der Waals surface area contributed by atoms with Crippen LogP contribution in [0.2, 0.25) is 10.0 Å². The van der Waals surface area contributed by atoms with E-state index in [1.54, 1.807) is 6.20 Å². The SMILES string of the molecule is CN[C@H]1CC[C@@H](c2ccc(Cl)c(Cl)c2)c2ccc(Cn3ccnn3)cc21.Cl. The Balaban J connectivity index is 0.00000210. The number of hydrogen-bond donors (Lipinski definition) is 1. The predicted octanol–water partition coefficient (Wildman–Crippen LogP) is 5.24. The van der Waals surface area contributed by atoms with Crippen LogP contribution in [0.5, 0.6) is 0 Å². The van der Waals surface area contributed by atoms with Crippen LogP contribution in [0.15, 0.2) is 48.8 Å². The second-order valence-electron chi connectivity index (χ2n) is 6.71. The van der Waals surface area contributed by atoms with Gasteiger partial charge in [0.25, 0.3) is 0 Å². The van der Waals surface area contributed by atoms with Gasteiger partial charge in [0, 0.05) is 18.2 Å². The van der Waals surface area contributed by atoms with Crippen molar-refractivity contribution in [2.24, 2.45) is 0 Å². The van der Waals surface area contributed by atoms with Gasteiger partial charge in [0.15, 0.2) is 0 Å². The normalized spacial score (nSPS) is 18.6. The van der Waals surface area contributed by atoms with Crippen molar-refractivity contribution < 1.29 is 0 Å². The minimum absolute atomic E-state index is 0. The van der Waals surface area contributed by atoms with Crippen LogP contribution < -0.4 is 5.32 Å². The molecule has 0 aliphatic heterocycles. The Bertz CT molecular complexity index is 912. The topological polar surface area (TPSA) is 42.7 Å². The highest BCUT2D eigenvalue weighted by Gasteiger charge is 2.28. The average molecular weight is 424 g/mol. The summed E-state index contributed by atoms with van der Waals surface area (Å²) in [7, 11) is 2.03. The number of fused-ring (bicyclic) bond motifs is 1. The summed E-state index contributed by atoms with van der Waals surface area (Å²) in [6.45, 7) is 0.723. The van der Waals surface area contributed by atoms with Gasteiger partial charge < -0.3 is 5.32 Å². The smallest absolute Gasteiger partial charge is 0.0693 e. The summed E-state index contributed by atoms with van der Waals surface area (Å²) < 4.78 is 1.84. The van der Waals surface area contributed by atoms with E-state index in [0.29, 0.717) is 22.0 Å². The Labute approximate surface area is 175 Å². The minimum Gasteiger partial charge on any atom is -0.313 e. The van der Waals surface area contributed by atoms with E-state index in [0.717, 1.165) is 19.4 Å². The Morgan fingerprint density at radius 3 is 2.63 bits per heavy atom. The highest BCUT2D eigenvalue weighted by atomic mass is 35.5. The second kappa shape index (κ2) is 8.61. The maximum Gasteiger partial charge on any atom is 0.0693 e. The molecular formula is C20H21Cl3N4. The van der Waals surface area contributed by atoms with Gasteiger partial charge >= 0.3 is 0 Å². The highest BCUT2D eigenvalue weighted by Crippen LogP contribution is 2.42. The third kappa shape index (κ3) is 4.14. The summed E-state index contributed by atoms with van der Waals surface area (Å²) in [5, 5.41) is 12.6. The average Bonchev–Trinajstić information content (AvgIpc) is 3.16. The summed E-state index contributed by atoms with van der Waals surface area (Å²) in [6, 6.07) is 13.1. The van der Waals surface area contributed by atoms with Crippen molar-refractivity contribution in [3.05, 3.63) is 81.1 Å². The molecule has 1 aliphatic rings. The molecule has 0 fully saturated rings. The summed E-state index contributed by atoms with van der Waals surface area (Å²) in [5.41, 5.74) is 5.16. The van der Waals surface area contributed by atoms with E-state index in [2.05, 4.69) is 39.9 Å². The van der Waals surface area contributed by atoms with E-state index in [4.69, 9.17) is 23.2 Å². The molecule has 0 spiro atoms. The van der Waals surface area contributed by atoms with Crippen LogP contribution in [0.3, 0.4) is 0 Å². The molecule has 1 heterocycles. The number of aromatic nitrogens is 3. The number of nitrogens with zero attached hydrogens (tertiary/aromatic N) is 3. The van der Waals surface area contributed by atoms with Crippen LogP contribution in [0.25, 0.3) is 0 Å². The van der Waals surface area contributed by atoms with Gasteiger partial charge in [0.05, 0.1) is 22.8 Å². The largest absolute Gasteiger partial charge is 0.313 e. The van der Waals surface area contributed by atoms with Crippen LogP contribution >= 0.6 is 35.6 Å². The van der Waals surface area contributed by atoms with Gasteiger partial charge in [-0.15, -0.1) is 17.5 Å². The van der Waals surface area contributed by atoms with Crippen LogP contribution in [0, 0.1) is 0 Å². The summed E-state index contributed by atoms with van der Waals surface area (Å²) >= 11 is 12.4. The van der Waals surface area contributed by atoms with Crippen molar-refractivity contribution in [3.63, 3.8) is 0 Å². The van der Waals surface area contributed by atoms with Gasteiger partial charge in [0.2, 0.25) is 0 Å². The first-order valence-corrected chi connectivity index (χ1v) is 9.50. The third-order valence-electron chi connectivity index (χ3n) is 5.16. The number of nitrogens with one attached hydrogen (secondary N) is 1. The van der Waals surface area contributed by atoms with E-state index in [-0.39, 0.29) is 12.4 Å². The molecule has 4 rings (SSSR count). The lowest BCUT2D eigenvalue weighted by molar-refractivity contribution is 0.470. The van der Waals surface area contributed by atoms with Crippen molar-refractivity contribution >= 4 is 35.6 Å². The molecule has 0 saturated carbocycles. The van der Waals surface area contributed by atoms with Gasteiger partial charge in [-0.05, 0) is 54.3 Å². The third-order valence-corrected chi connectivity index (χ3v) is 5.90. The van der Waals surface area contributed by atoms with Crippen LogP contribution in [0.1, 0.15) is 47.1 Å². The first kappa shape index (κ1) is 20.2. The molecule has 7 heteroatoms. The predicted molar refractivity (Wildman–Crippen MR) is 112 cm³/mol. The fourth-order valence-electron chi connectivity index (χ4n) is 3.87. The fraction of sp³-hybridized carbons (Fsp3) is 0.300. The summed E-state index contributed by atoms with van der Waals surface area (Å²) in [6.07, 6.45) is 5.75. The molecule has 2 aromatic carbocycles. The summed E-state index contributed by atoms with van der Waals surface area (Å²) in [4.78, 5) is 0. The molecule has 0 saturated heterocycles. The molecule has 2 atom stereocenters. The zero-order valence-electron chi connectivity index (χ0n) is 14.9. The molecule has 1 aromatic heterocycles. The van der Waals surface area contributed by atoms with Crippen molar-refractivity contribution in [3.8, 4) is 0 Å². The highest BCUT2D eigenvalue weighted by molar-refractivity contribution is 6.42. The molecule has 27 heavy (non-hydrogen) atoms. The monoisotopic (exact) mass is 422 g/mol. The molecular weight excluding hydrogens is 403 g/mol. The lowest BCUT2D eigenvalue weighted by Crippen LogP contribution is -2.24. The van der Waals surface area contributed by atoms with E-state index in [1.807, 2.05) is 30.1 Å². The number of hydrogen-bond acceptors (Lipinski definition) is 3. The number of benzene rings is 2.